The molecule has 0 aliphatic carbocycles. The van der Waals surface area contributed by atoms with Crippen LogP contribution < -0.4 is 10.5 Å². The highest BCUT2D eigenvalue weighted by Gasteiger charge is 2.18. The van der Waals surface area contributed by atoms with Gasteiger partial charge in [-0.3, -0.25) is 0 Å². The molecule has 0 aliphatic heterocycles. The van der Waals surface area contributed by atoms with E-state index >= 15 is 0 Å². The van der Waals surface area contributed by atoms with Crippen LogP contribution in [-0.4, -0.2) is 25.2 Å². The Labute approximate surface area is 129 Å². The Morgan fingerprint density at radius 3 is 2.26 bits per heavy atom. The van der Waals surface area contributed by atoms with Gasteiger partial charge in [-0.15, -0.1) is 0 Å². The summed E-state index contributed by atoms with van der Waals surface area (Å²) in [4.78, 5) is 11.4. The number of halogens is 2. The Kier molecular flexibility index (Phi) is 6.29. The quantitative estimate of drug-likeness (QED) is 0.779. The van der Waals surface area contributed by atoms with Gasteiger partial charge < -0.3 is 15.2 Å². The van der Waals surface area contributed by atoms with Gasteiger partial charge in [0.2, 0.25) is 0 Å². The van der Waals surface area contributed by atoms with Crippen LogP contribution in [0.3, 0.4) is 0 Å². The molecule has 0 aliphatic rings. The Balaban J connectivity index is 2.94. The number of esters is 1. The maximum Gasteiger partial charge on any atom is 0.346 e. The van der Waals surface area contributed by atoms with Gasteiger partial charge in [0, 0.05) is 6.04 Å². The van der Waals surface area contributed by atoms with E-state index in [-0.39, 0.29) is 6.04 Å². The van der Waals surface area contributed by atoms with Gasteiger partial charge in [-0.05, 0) is 69.8 Å². The van der Waals surface area contributed by atoms with Gasteiger partial charge in [0.1, 0.15) is 5.75 Å². The summed E-state index contributed by atoms with van der Waals surface area (Å²) in [6.45, 7) is 3.59. The topological polar surface area (TPSA) is 61.5 Å². The third-order valence-corrected chi connectivity index (χ3v) is 3.62. The van der Waals surface area contributed by atoms with Crippen LogP contribution in [0.2, 0.25) is 0 Å². The second-order valence-corrected chi connectivity index (χ2v) is 6.06. The summed E-state index contributed by atoms with van der Waals surface area (Å²) in [6.07, 6.45) is 0.0983. The monoisotopic (exact) mass is 393 g/mol. The lowest BCUT2D eigenvalue weighted by atomic mass is 10.1. The number of carbonyl (C=O) groups is 1. The number of carbonyl (C=O) groups excluding carboxylic acids is 1. The molecule has 0 aromatic heterocycles. The van der Waals surface area contributed by atoms with E-state index in [0.717, 1.165) is 20.9 Å². The van der Waals surface area contributed by atoms with Gasteiger partial charge in [-0.1, -0.05) is 0 Å². The van der Waals surface area contributed by atoms with Crippen molar-refractivity contribution in [2.45, 2.75) is 32.4 Å². The molecule has 4 nitrogen and oxygen atoms in total. The Hall–Kier alpha value is -0.590. The van der Waals surface area contributed by atoms with Crippen molar-refractivity contribution < 1.29 is 14.3 Å². The standard InChI is InChI=1S/C13H17Br2NO3/c1-7(16)4-9-5-10(14)12(11(15)6-9)19-8(2)13(17)18-3/h5-8H,4,16H2,1-3H3. The molecule has 19 heavy (non-hydrogen) atoms. The molecular formula is C13H17Br2NO3. The third-order valence-electron chi connectivity index (χ3n) is 2.44. The lowest BCUT2D eigenvalue weighted by molar-refractivity contribution is -0.147. The normalized spacial score (nSPS) is 13.8. The van der Waals surface area contributed by atoms with Crippen molar-refractivity contribution in [2.75, 3.05) is 7.11 Å². The first-order chi connectivity index (χ1) is 8.85. The molecule has 1 aromatic rings. The highest BCUT2D eigenvalue weighted by molar-refractivity contribution is 9.11. The van der Waals surface area contributed by atoms with Gasteiger partial charge in [0.05, 0.1) is 16.1 Å². The van der Waals surface area contributed by atoms with E-state index in [2.05, 4.69) is 36.6 Å². The van der Waals surface area contributed by atoms with Crippen LogP contribution in [0.5, 0.6) is 5.75 Å². The predicted octanol–water partition coefficient (Wildman–Crippen LogP) is 3.04. The summed E-state index contributed by atoms with van der Waals surface area (Å²) < 4.78 is 11.8. The van der Waals surface area contributed by atoms with Crippen LogP contribution >= 0.6 is 31.9 Å². The molecule has 0 amide bonds. The van der Waals surface area contributed by atoms with Crippen LogP contribution in [0.15, 0.2) is 21.1 Å². The number of ether oxygens (including phenoxy) is 2. The van der Waals surface area contributed by atoms with Crippen molar-refractivity contribution in [3.05, 3.63) is 26.6 Å². The first-order valence-electron chi connectivity index (χ1n) is 5.83. The fourth-order valence-corrected chi connectivity index (χ4v) is 3.07. The summed E-state index contributed by atoms with van der Waals surface area (Å²) in [5, 5.41) is 0. The van der Waals surface area contributed by atoms with Crippen LogP contribution in [0.4, 0.5) is 0 Å². The first-order valence-corrected chi connectivity index (χ1v) is 7.41. The molecule has 2 unspecified atom stereocenters. The molecule has 2 atom stereocenters. The minimum Gasteiger partial charge on any atom is -0.477 e. The Bertz CT molecular complexity index is 440. The Morgan fingerprint density at radius 1 is 1.32 bits per heavy atom. The number of nitrogens with two attached hydrogens (primary N) is 1. The molecule has 0 spiro atoms. The molecular weight excluding hydrogens is 378 g/mol. The van der Waals surface area contributed by atoms with Gasteiger partial charge >= 0.3 is 5.97 Å². The average molecular weight is 395 g/mol. The third kappa shape index (κ3) is 4.78. The molecule has 0 saturated carbocycles. The van der Waals surface area contributed by atoms with E-state index in [1.54, 1.807) is 6.92 Å². The first kappa shape index (κ1) is 16.5. The molecule has 2 N–H and O–H groups in total. The zero-order valence-electron chi connectivity index (χ0n) is 11.1. The van der Waals surface area contributed by atoms with Crippen molar-refractivity contribution in [1.82, 2.24) is 0 Å². The molecule has 0 bridgehead atoms. The summed E-state index contributed by atoms with van der Waals surface area (Å²) in [5.41, 5.74) is 6.87. The smallest absolute Gasteiger partial charge is 0.346 e. The second kappa shape index (κ2) is 7.26. The predicted molar refractivity (Wildman–Crippen MR) is 81.3 cm³/mol. The lowest BCUT2D eigenvalue weighted by Crippen LogP contribution is -2.25. The molecule has 0 fully saturated rings. The van der Waals surface area contributed by atoms with Crippen molar-refractivity contribution in [3.63, 3.8) is 0 Å². The molecule has 0 saturated heterocycles. The van der Waals surface area contributed by atoms with Gasteiger partial charge in [-0.2, -0.15) is 0 Å². The minimum absolute atomic E-state index is 0.0829. The second-order valence-electron chi connectivity index (χ2n) is 4.35. The molecule has 0 heterocycles. The number of hydrogen-bond acceptors (Lipinski definition) is 4. The highest BCUT2D eigenvalue weighted by atomic mass is 79.9. The van der Waals surface area contributed by atoms with E-state index in [1.807, 2.05) is 19.1 Å². The SMILES string of the molecule is COC(=O)C(C)Oc1c(Br)cc(CC(C)N)cc1Br. The molecule has 1 aromatic carbocycles. The van der Waals surface area contributed by atoms with Crippen molar-refractivity contribution in [1.29, 1.82) is 0 Å². The lowest BCUT2D eigenvalue weighted by Gasteiger charge is -2.16. The zero-order valence-corrected chi connectivity index (χ0v) is 14.2. The summed E-state index contributed by atoms with van der Waals surface area (Å²) >= 11 is 6.88. The zero-order chi connectivity index (χ0) is 14.6. The maximum absolute atomic E-state index is 11.4. The van der Waals surface area contributed by atoms with Crippen molar-refractivity contribution >= 4 is 37.8 Å². The van der Waals surface area contributed by atoms with E-state index < -0.39 is 12.1 Å². The Morgan fingerprint density at radius 2 is 1.84 bits per heavy atom. The van der Waals surface area contributed by atoms with E-state index in [9.17, 15) is 4.79 Å². The molecule has 6 heteroatoms. The maximum atomic E-state index is 11.4. The number of benzene rings is 1. The molecule has 106 valence electrons. The summed E-state index contributed by atoms with van der Waals surface area (Å²) in [7, 11) is 1.33. The number of hydrogen-bond donors (Lipinski definition) is 1. The fraction of sp³-hybridized carbons (Fsp3) is 0.462. The van der Waals surface area contributed by atoms with Gasteiger partial charge in [0.15, 0.2) is 6.10 Å². The van der Waals surface area contributed by atoms with Crippen molar-refractivity contribution in [3.8, 4) is 5.75 Å². The van der Waals surface area contributed by atoms with Gasteiger partial charge in [0.25, 0.3) is 0 Å². The molecule has 0 radical (unpaired) electrons. The summed E-state index contributed by atoms with van der Waals surface area (Å²) in [6, 6.07) is 3.96. The fourth-order valence-electron chi connectivity index (χ4n) is 1.61. The van der Waals surface area contributed by atoms with E-state index in [4.69, 9.17) is 10.5 Å². The van der Waals surface area contributed by atoms with Crippen LogP contribution in [0.25, 0.3) is 0 Å². The average Bonchev–Trinajstić information content (AvgIpc) is 2.31. The number of methoxy groups -OCH3 is 1. The van der Waals surface area contributed by atoms with Gasteiger partial charge in [-0.25, -0.2) is 4.79 Å². The van der Waals surface area contributed by atoms with E-state index in [1.165, 1.54) is 7.11 Å². The van der Waals surface area contributed by atoms with Crippen LogP contribution in [0.1, 0.15) is 19.4 Å². The largest absolute Gasteiger partial charge is 0.477 e. The molecule has 1 rings (SSSR count). The summed E-state index contributed by atoms with van der Waals surface area (Å²) in [5.74, 6) is 0.157. The highest BCUT2D eigenvalue weighted by Crippen LogP contribution is 2.35. The van der Waals surface area contributed by atoms with Crippen LogP contribution in [-0.2, 0) is 16.0 Å². The van der Waals surface area contributed by atoms with Crippen LogP contribution in [0, 0.1) is 0 Å². The van der Waals surface area contributed by atoms with E-state index in [0.29, 0.717) is 5.75 Å². The minimum atomic E-state index is -0.670. The number of rotatable bonds is 5. The van der Waals surface area contributed by atoms with Crippen molar-refractivity contribution in [2.24, 2.45) is 5.73 Å².